The van der Waals surface area contributed by atoms with Crippen molar-refractivity contribution in [2.24, 2.45) is 0 Å². The first kappa shape index (κ1) is 17.0. The average Bonchev–Trinajstić information content (AvgIpc) is 2.94. The van der Waals surface area contributed by atoms with Crippen LogP contribution >= 0.6 is 0 Å². The van der Waals surface area contributed by atoms with Crippen LogP contribution in [0, 0.1) is 13.8 Å². The van der Waals surface area contributed by atoms with Crippen molar-refractivity contribution in [1.82, 2.24) is 14.9 Å². The molecule has 130 valence electrons. The van der Waals surface area contributed by atoms with Crippen molar-refractivity contribution in [3.8, 4) is 11.4 Å². The summed E-state index contributed by atoms with van der Waals surface area (Å²) in [6.07, 6.45) is 0.912. The Bertz CT molecular complexity index is 928. The van der Waals surface area contributed by atoms with Gasteiger partial charge in [0.05, 0.1) is 23.8 Å². The lowest BCUT2D eigenvalue weighted by molar-refractivity contribution is 0.0954. The van der Waals surface area contributed by atoms with Crippen LogP contribution in [0.1, 0.15) is 35.1 Å². The van der Waals surface area contributed by atoms with Crippen LogP contribution in [0.15, 0.2) is 36.4 Å². The number of aromatic nitrogens is 2. The Labute approximate surface area is 147 Å². The molecule has 0 aliphatic heterocycles. The summed E-state index contributed by atoms with van der Waals surface area (Å²) < 4.78 is 7.59. The van der Waals surface area contributed by atoms with Gasteiger partial charge in [-0.3, -0.25) is 9.36 Å². The van der Waals surface area contributed by atoms with E-state index in [2.05, 4.69) is 20.9 Å². The van der Waals surface area contributed by atoms with Gasteiger partial charge in [-0.1, -0.05) is 13.0 Å². The number of fused-ring (bicyclic) bond motifs is 1. The Hall–Kier alpha value is -2.82. The molecule has 0 radical (unpaired) electrons. The molecule has 0 aliphatic carbocycles. The molecule has 1 heterocycles. The Balaban J connectivity index is 2.11. The van der Waals surface area contributed by atoms with E-state index in [9.17, 15) is 4.79 Å². The number of hydrogen-bond acceptors (Lipinski definition) is 3. The highest BCUT2D eigenvalue weighted by Crippen LogP contribution is 2.29. The van der Waals surface area contributed by atoms with Gasteiger partial charge in [-0.2, -0.15) is 0 Å². The fraction of sp³-hybridized carbons (Fsp3) is 0.300. The van der Waals surface area contributed by atoms with E-state index in [0.29, 0.717) is 12.1 Å². The zero-order chi connectivity index (χ0) is 18.0. The van der Waals surface area contributed by atoms with Crippen LogP contribution in [0.2, 0.25) is 0 Å². The minimum Gasteiger partial charge on any atom is -0.495 e. The largest absolute Gasteiger partial charge is 0.495 e. The number of carbonyl (C=O) groups excluding carboxylic acids is 1. The maximum Gasteiger partial charge on any atom is 0.251 e. The third kappa shape index (κ3) is 3.22. The third-order valence-corrected chi connectivity index (χ3v) is 4.20. The second-order valence-corrected chi connectivity index (χ2v) is 6.13. The van der Waals surface area contributed by atoms with E-state index in [1.165, 1.54) is 0 Å². The topological polar surface area (TPSA) is 56.2 Å². The summed E-state index contributed by atoms with van der Waals surface area (Å²) in [4.78, 5) is 16.8. The van der Waals surface area contributed by atoms with E-state index in [4.69, 9.17) is 4.74 Å². The molecule has 0 atom stereocenters. The van der Waals surface area contributed by atoms with E-state index >= 15 is 0 Å². The molecular formula is C20H23N3O2. The third-order valence-electron chi connectivity index (χ3n) is 4.20. The second-order valence-electron chi connectivity index (χ2n) is 6.13. The molecular weight excluding hydrogens is 314 g/mol. The van der Waals surface area contributed by atoms with Crippen molar-refractivity contribution >= 4 is 16.9 Å². The standard InChI is InChI=1S/C20H23N3O2/c1-5-10-21-20(24)15-7-8-17-16(12-15)22-14(3)23(17)18-11-13(2)6-9-19(18)25-4/h6-9,11-12H,5,10H2,1-4H3,(H,21,24). The number of rotatable bonds is 5. The number of imidazole rings is 1. The van der Waals surface area contributed by atoms with Gasteiger partial charge in [0, 0.05) is 12.1 Å². The van der Waals surface area contributed by atoms with E-state index in [0.717, 1.165) is 40.3 Å². The van der Waals surface area contributed by atoms with Crippen LogP contribution in [-0.2, 0) is 0 Å². The first-order chi connectivity index (χ1) is 12.0. The molecule has 0 aliphatic rings. The number of amides is 1. The second kappa shape index (κ2) is 6.97. The van der Waals surface area contributed by atoms with Crippen LogP contribution in [0.4, 0.5) is 0 Å². The van der Waals surface area contributed by atoms with Crippen LogP contribution in [0.5, 0.6) is 5.75 Å². The van der Waals surface area contributed by atoms with E-state index in [1.54, 1.807) is 7.11 Å². The van der Waals surface area contributed by atoms with E-state index < -0.39 is 0 Å². The quantitative estimate of drug-likeness (QED) is 0.770. The van der Waals surface area contributed by atoms with Crippen molar-refractivity contribution in [1.29, 1.82) is 0 Å². The molecule has 0 saturated carbocycles. The maximum atomic E-state index is 12.2. The number of ether oxygens (including phenoxy) is 1. The number of methoxy groups -OCH3 is 1. The van der Waals surface area contributed by atoms with Crippen molar-refractivity contribution in [3.63, 3.8) is 0 Å². The molecule has 1 amide bonds. The molecule has 3 rings (SSSR count). The minimum atomic E-state index is -0.0657. The summed E-state index contributed by atoms with van der Waals surface area (Å²) in [6.45, 7) is 6.71. The average molecular weight is 337 g/mol. The summed E-state index contributed by atoms with van der Waals surface area (Å²) >= 11 is 0. The van der Waals surface area contributed by atoms with Crippen molar-refractivity contribution in [3.05, 3.63) is 53.3 Å². The smallest absolute Gasteiger partial charge is 0.251 e. The highest BCUT2D eigenvalue weighted by atomic mass is 16.5. The van der Waals surface area contributed by atoms with Gasteiger partial charge < -0.3 is 10.1 Å². The Morgan fingerprint density at radius 1 is 1.20 bits per heavy atom. The molecule has 0 unspecified atom stereocenters. The molecule has 1 N–H and O–H groups in total. The molecule has 0 spiro atoms. The fourth-order valence-electron chi connectivity index (χ4n) is 2.96. The fourth-order valence-corrected chi connectivity index (χ4v) is 2.96. The number of carbonyl (C=O) groups is 1. The lowest BCUT2D eigenvalue weighted by Gasteiger charge is -2.13. The zero-order valence-corrected chi connectivity index (χ0v) is 15.1. The van der Waals surface area contributed by atoms with Gasteiger partial charge in [0.2, 0.25) is 0 Å². The first-order valence-electron chi connectivity index (χ1n) is 8.47. The molecule has 3 aromatic rings. The molecule has 25 heavy (non-hydrogen) atoms. The summed E-state index contributed by atoms with van der Waals surface area (Å²) in [6, 6.07) is 11.7. The number of benzene rings is 2. The van der Waals surface area contributed by atoms with Crippen molar-refractivity contribution in [2.75, 3.05) is 13.7 Å². The number of nitrogens with one attached hydrogen (secondary N) is 1. The zero-order valence-electron chi connectivity index (χ0n) is 15.1. The van der Waals surface area contributed by atoms with Gasteiger partial charge in [0.1, 0.15) is 11.6 Å². The van der Waals surface area contributed by atoms with Crippen molar-refractivity contribution in [2.45, 2.75) is 27.2 Å². The molecule has 1 aromatic heterocycles. The van der Waals surface area contributed by atoms with Gasteiger partial charge in [0.25, 0.3) is 5.91 Å². The highest BCUT2D eigenvalue weighted by Gasteiger charge is 2.15. The van der Waals surface area contributed by atoms with Gasteiger partial charge >= 0.3 is 0 Å². The summed E-state index contributed by atoms with van der Waals surface area (Å²) in [7, 11) is 1.67. The monoisotopic (exact) mass is 337 g/mol. The highest BCUT2D eigenvalue weighted by molar-refractivity contribution is 5.97. The molecule has 5 nitrogen and oxygen atoms in total. The normalized spacial score (nSPS) is 10.9. The van der Waals surface area contributed by atoms with Gasteiger partial charge in [-0.15, -0.1) is 0 Å². The van der Waals surface area contributed by atoms with Crippen LogP contribution < -0.4 is 10.1 Å². The molecule has 5 heteroatoms. The van der Waals surface area contributed by atoms with E-state index in [1.807, 2.05) is 51.1 Å². The molecule has 2 aromatic carbocycles. The van der Waals surface area contributed by atoms with E-state index in [-0.39, 0.29) is 5.91 Å². The number of nitrogens with zero attached hydrogens (tertiary/aromatic N) is 2. The Morgan fingerprint density at radius 3 is 2.72 bits per heavy atom. The SMILES string of the molecule is CCCNC(=O)c1ccc2c(c1)nc(C)n2-c1cc(C)ccc1OC. The summed E-state index contributed by atoms with van der Waals surface area (Å²) in [5.41, 5.74) is 4.47. The van der Waals surface area contributed by atoms with Crippen LogP contribution in [-0.4, -0.2) is 29.1 Å². The van der Waals surface area contributed by atoms with Crippen LogP contribution in [0.3, 0.4) is 0 Å². The summed E-state index contributed by atoms with van der Waals surface area (Å²) in [5.74, 6) is 1.58. The van der Waals surface area contributed by atoms with Gasteiger partial charge in [-0.25, -0.2) is 4.98 Å². The molecule has 0 fully saturated rings. The predicted molar refractivity (Wildman–Crippen MR) is 99.7 cm³/mol. The predicted octanol–water partition coefficient (Wildman–Crippen LogP) is 3.79. The Morgan fingerprint density at radius 2 is 2.00 bits per heavy atom. The lowest BCUT2D eigenvalue weighted by atomic mass is 10.1. The number of hydrogen-bond donors (Lipinski definition) is 1. The summed E-state index contributed by atoms with van der Waals surface area (Å²) in [5, 5.41) is 2.90. The molecule has 0 bridgehead atoms. The lowest BCUT2D eigenvalue weighted by Crippen LogP contribution is -2.23. The van der Waals surface area contributed by atoms with Crippen molar-refractivity contribution < 1.29 is 9.53 Å². The van der Waals surface area contributed by atoms with Gasteiger partial charge in [0.15, 0.2) is 0 Å². The maximum absolute atomic E-state index is 12.2. The first-order valence-corrected chi connectivity index (χ1v) is 8.47. The Kier molecular flexibility index (Phi) is 4.74. The number of aryl methyl sites for hydroxylation is 2. The molecule has 0 saturated heterocycles. The van der Waals surface area contributed by atoms with Crippen LogP contribution in [0.25, 0.3) is 16.7 Å². The minimum absolute atomic E-state index is 0.0657. The van der Waals surface area contributed by atoms with Gasteiger partial charge in [-0.05, 0) is 56.2 Å².